The van der Waals surface area contributed by atoms with Gasteiger partial charge in [-0.3, -0.25) is 14.6 Å². The third kappa shape index (κ3) is 2.26. The summed E-state index contributed by atoms with van der Waals surface area (Å²) in [6, 6.07) is 6.66. The zero-order valence-electron chi connectivity index (χ0n) is 14.1. The van der Waals surface area contributed by atoms with Gasteiger partial charge in [-0.25, -0.2) is 13.9 Å². The average molecular weight is 359 g/mol. The number of aliphatic imine (C=N–C) groups is 1. The van der Waals surface area contributed by atoms with Crippen LogP contribution < -0.4 is 4.57 Å². The fourth-order valence-corrected chi connectivity index (χ4v) is 3.40. The summed E-state index contributed by atoms with van der Waals surface area (Å²) in [6.45, 7) is 2.58. The Morgan fingerprint density at radius 1 is 1.16 bits per heavy atom. The van der Waals surface area contributed by atoms with E-state index in [1.54, 1.807) is 7.05 Å². The molecule has 128 valence electrons. The molecule has 8 heteroatoms. The molecule has 0 N–H and O–H groups in total. The quantitative estimate of drug-likeness (QED) is 0.770. The van der Waals surface area contributed by atoms with Crippen molar-refractivity contribution in [1.29, 1.82) is 0 Å². The van der Waals surface area contributed by atoms with E-state index in [1.807, 2.05) is 46.5 Å². The predicted molar refractivity (Wildman–Crippen MR) is 92.0 cm³/mol. The number of amidine groups is 1. The van der Waals surface area contributed by atoms with E-state index in [0.29, 0.717) is 23.4 Å². The molecule has 3 heterocycles. The van der Waals surface area contributed by atoms with Crippen LogP contribution in [0.25, 0.3) is 0 Å². The van der Waals surface area contributed by atoms with Crippen LogP contribution in [0.3, 0.4) is 0 Å². The number of aryl methyl sites for hydroxylation is 1. The van der Waals surface area contributed by atoms with Gasteiger partial charge in [0.1, 0.15) is 11.9 Å². The van der Waals surface area contributed by atoms with Crippen molar-refractivity contribution >= 4 is 35.3 Å². The highest BCUT2D eigenvalue weighted by Crippen LogP contribution is 2.29. The van der Waals surface area contributed by atoms with Gasteiger partial charge in [0.05, 0.1) is 6.54 Å². The summed E-state index contributed by atoms with van der Waals surface area (Å²) >= 11 is 5.95. The Labute approximate surface area is 149 Å². The molecule has 0 bridgehead atoms. The molecule has 1 aromatic heterocycles. The molecule has 1 saturated heterocycles. The maximum absolute atomic E-state index is 12.6. The Kier molecular flexibility index (Phi) is 3.43. The zero-order chi connectivity index (χ0) is 17.9. The van der Waals surface area contributed by atoms with E-state index >= 15 is 0 Å². The molecule has 2 aliphatic heterocycles. The number of carbonyl (C=O) groups is 2. The second-order valence-corrected chi connectivity index (χ2v) is 6.74. The standard InChI is InChI=1S/C17H17ClN5O2/c1-10-8-23-13-14(20(2)17(25)21(3)15(13)24)19-16(23)22(10)9-11-4-6-12(18)7-5-11/h4-8,13H,9H2,1-3H3/q+1. The summed E-state index contributed by atoms with van der Waals surface area (Å²) in [6.07, 6.45) is 1.90. The lowest BCUT2D eigenvalue weighted by atomic mass is 10.2. The third-order valence-corrected chi connectivity index (χ3v) is 4.95. The van der Waals surface area contributed by atoms with Crippen LogP contribution in [-0.4, -0.2) is 46.2 Å². The summed E-state index contributed by atoms with van der Waals surface area (Å²) in [4.78, 5) is 31.9. The van der Waals surface area contributed by atoms with Crippen LogP contribution in [0.4, 0.5) is 10.7 Å². The van der Waals surface area contributed by atoms with Gasteiger partial charge in [-0.2, -0.15) is 0 Å². The molecule has 1 fully saturated rings. The van der Waals surface area contributed by atoms with Crippen LogP contribution in [0.15, 0.2) is 35.5 Å². The molecule has 0 spiro atoms. The molecule has 25 heavy (non-hydrogen) atoms. The van der Waals surface area contributed by atoms with Crippen LogP contribution in [-0.2, 0) is 11.3 Å². The first-order valence-corrected chi connectivity index (χ1v) is 8.26. The van der Waals surface area contributed by atoms with Gasteiger partial charge < -0.3 is 0 Å². The molecule has 2 aliphatic rings. The highest BCUT2D eigenvalue weighted by Gasteiger charge is 2.52. The van der Waals surface area contributed by atoms with Crippen molar-refractivity contribution in [3.05, 3.63) is 46.7 Å². The number of likely N-dealkylation sites (N-methyl/N-ethyl adjacent to an activating group) is 2. The van der Waals surface area contributed by atoms with Gasteiger partial charge >= 0.3 is 12.0 Å². The summed E-state index contributed by atoms with van der Waals surface area (Å²) in [5.74, 6) is 0.859. The summed E-state index contributed by atoms with van der Waals surface area (Å²) < 4.78 is 3.86. The topological polar surface area (TPSA) is 61.8 Å². The molecule has 7 nitrogen and oxygen atoms in total. The molecular weight excluding hydrogens is 342 g/mol. The maximum atomic E-state index is 12.6. The van der Waals surface area contributed by atoms with Crippen LogP contribution in [0.1, 0.15) is 17.3 Å². The second kappa shape index (κ2) is 5.42. The van der Waals surface area contributed by atoms with Crippen molar-refractivity contribution < 1.29 is 14.2 Å². The lowest BCUT2D eigenvalue weighted by Gasteiger charge is -2.30. The number of urea groups is 1. The van der Waals surface area contributed by atoms with Crippen molar-refractivity contribution in [2.75, 3.05) is 14.1 Å². The third-order valence-electron chi connectivity index (χ3n) is 4.70. The number of imide groups is 1. The summed E-state index contributed by atoms with van der Waals surface area (Å²) in [7, 11) is 3.13. The Bertz CT molecular complexity index is 931. The molecular formula is C17H17ClN5O2+. The number of fused-ring (bicyclic) bond motifs is 3. The Balaban J connectivity index is 1.78. The number of rotatable bonds is 2. The Hall–Kier alpha value is -2.67. The number of carbonyl (C=O) groups excluding carboxylic acids is 2. The maximum Gasteiger partial charge on any atom is 0.402 e. The number of amides is 3. The fourth-order valence-electron chi connectivity index (χ4n) is 3.28. The summed E-state index contributed by atoms with van der Waals surface area (Å²) in [5.41, 5.74) is 2.07. The van der Waals surface area contributed by atoms with Crippen LogP contribution in [0.5, 0.6) is 0 Å². The number of halogens is 1. The van der Waals surface area contributed by atoms with E-state index in [2.05, 4.69) is 4.99 Å². The normalized spacial score (nSPS) is 19.2. The first-order valence-electron chi connectivity index (χ1n) is 7.88. The molecule has 0 aliphatic carbocycles. The lowest BCUT2D eigenvalue weighted by Crippen LogP contribution is -2.61. The highest BCUT2D eigenvalue weighted by atomic mass is 35.5. The SMILES string of the molecule is Cc1c[n+]2c(n1Cc1ccc(Cl)cc1)N=C1C2C(=O)N(C)C(=O)N1C. The highest BCUT2D eigenvalue weighted by molar-refractivity contribution is 6.30. The number of nitrogens with zero attached hydrogens (tertiary/aromatic N) is 5. The number of imidazole rings is 1. The molecule has 0 radical (unpaired) electrons. The average Bonchev–Trinajstić information content (AvgIpc) is 3.09. The van der Waals surface area contributed by atoms with Gasteiger partial charge in [-0.1, -0.05) is 28.7 Å². The monoisotopic (exact) mass is 358 g/mol. The lowest BCUT2D eigenvalue weighted by molar-refractivity contribution is -0.677. The van der Waals surface area contributed by atoms with Gasteiger partial charge in [-0.05, 0) is 24.6 Å². The number of aromatic nitrogens is 2. The van der Waals surface area contributed by atoms with E-state index in [0.717, 1.165) is 16.2 Å². The van der Waals surface area contributed by atoms with Gasteiger partial charge in [0.15, 0.2) is 0 Å². The predicted octanol–water partition coefficient (Wildman–Crippen LogP) is 1.89. The van der Waals surface area contributed by atoms with Gasteiger partial charge in [0, 0.05) is 19.1 Å². The first kappa shape index (κ1) is 15.8. The molecule has 3 amide bonds. The first-order chi connectivity index (χ1) is 11.9. The minimum atomic E-state index is -0.590. The van der Waals surface area contributed by atoms with Crippen molar-refractivity contribution in [1.82, 2.24) is 14.4 Å². The van der Waals surface area contributed by atoms with Crippen LogP contribution in [0, 0.1) is 6.92 Å². The number of hydrogen-bond donors (Lipinski definition) is 0. The van der Waals surface area contributed by atoms with E-state index in [9.17, 15) is 9.59 Å². The summed E-state index contributed by atoms with van der Waals surface area (Å²) in [5, 5.41) is 0.688. The largest absolute Gasteiger partial charge is 0.402 e. The fraction of sp³-hybridized carbons (Fsp3) is 0.294. The van der Waals surface area contributed by atoms with E-state index in [4.69, 9.17) is 11.6 Å². The minimum absolute atomic E-state index is 0.269. The molecule has 1 atom stereocenters. The zero-order valence-corrected chi connectivity index (χ0v) is 14.9. The van der Waals surface area contributed by atoms with Crippen molar-refractivity contribution in [2.45, 2.75) is 19.5 Å². The Morgan fingerprint density at radius 2 is 1.84 bits per heavy atom. The van der Waals surface area contributed by atoms with Gasteiger partial charge in [0.2, 0.25) is 11.9 Å². The molecule has 0 saturated carbocycles. The van der Waals surface area contributed by atoms with E-state index in [-0.39, 0.29) is 11.9 Å². The van der Waals surface area contributed by atoms with E-state index < -0.39 is 6.04 Å². The van der Waals surface area contributed by atoms with Crippen molar-refractivity contribution in [2.24, 2.45) is 4.99 Å². The number of benzene rings is 1. The molecule has 1 unspecified atom stereocenters. The van der Waals surface area contributed by atoms with Crippen molar-refractivity contribution in [3.8, 4) is 0 Å². The van der Waals surface area contributed by atoms with Crippen LogP contribution in [0.2, 0.25) is 5.02 Å². The minimum Gasteiger partial charge on any atom is -0.270 e. The smallest absolute Gasteiger partial charge is 0.270 e. The number of hydrogen-bond acceptors (Lipinski definition) is 3. The second-order valence-electron chi connectivity index (χ2n) is 6.30. The molecule has 4 rings (SSSR count). The van der Waals surface area contributed by atoms with Gasteiger partial charge in [0.25, 0.3) is 5.91 Å². The molecule has 1 aromatic carbocycles. The van der Waals surface area contributed by atoms with Gasteiger partial charge in [-0.15, -0.1) is 0 Å². The van der Waals surface area contributed by atoms with Crippen molar-refractivity contribution in [3.63, 3.8) is 0 Å². The van der Waals surface area contributed by atoms with Crippen LogP contribution >= 0.6 is 11.6 Å². The Morgan fingerprint density at radius 3 is 2.52 bits per heavy atom. The molecule has 2 aromatic rings. The van der Waals surface area contributed by atoms with E-state index in [1.165, 1.54) is 11.9 Å².